The lowest BCUT2D eigenvalue weighted by Gasteiger charge is -2.49. The highest BCUT2D eigenvalue weighted by molar-refractivity contribution is 5.93. The minimum atomic E-state index is -0.678. The summed E-state index contributed by atoms with van der Waals surface area (Å²) in [5.41, 5.74) is 8.29. The van der Waals surface area contributed by atoms with Crippen LogP contribution >= 0.6 is 12.4 Å². The average Bonchev–Trinajstić information content (AvgIpc) is 2.83. The fourth-order valence-corrected chi connectivity index (χ4v) is 6.43. The lowest BCUT2D eigenvalue weighted by Crippen LogP contribution is -2.59. The van der Waals surface area contributed by atoms with Crippen molar-refractivity contribution in [3.05, 3.63) is 34.9 Å². The summed E-state index contributed by atoms with van der Waals surface area (Å²) in [5.74, 6) is -0.852. The van der Waals surface area contributed by atoms with Crippen LogP contribution in [-0.4, -0.2) is 42.8 Å². The Kier molecular flexibility index (Phi) is 10.8. The number of nitrogens with one attached hydrogen (secondary N) is 1. The van der Waals surface area contributed by atoms with Crippen molar-refractivity contribution >= 4 is 24.3 Å². The molecule has 0 unspecified atom stereocenters. The number of amides is 1. The molecule has 34 heavy (non-hydrogen) atoms. The number of fused-ring (bicyclic) bond motifs is 1. The summed E-state index contributed by atoms with van der Waals surface area (Å²) in [4.78, 5) is 23.9. The van der Waals surface area contributed by atoms with E-state index < -0.39 is 11.9 Å². The molecule has 4 N–H and O–H groups in total. The Morgan fingerprint density at radius 2 is 1.88 bits per heavy atom. The van der Waals surface area contributed by atoms with Crippen molar-refractivity contribution in [1.29, 1.82) is 0 Å². The number of aliphatic carboxylic acids is 1. The lowest BCUT2D eigenvalue weighted by molar-refractivity contribution is -0.142. The van der Waals surface area contributed by atoms with Crippen molar-refractivity contribution < 1.29 is 19.4 Å². The first kappa shape index (κ1) is 28.6. The number of hydrogen-bond acceptors (Lipinski definition) is 4. The number of hydrogen-bond donors (Lipinski definition) is 3. The molecular formula is C27H43ClN2O4. The summed E-state index contributed by atoms with van der Waals surface area (Å²) in [6, 6.07) is 5.83. The summed E-state index contributed by atoms with van der Waals surface area (Å²) in [6.07, 6.45) is 10.0. The van der Waals surface area contributed by atoms with Crippen molar-refractivity contribution in [2.75, 3.05) is 13.7 Å². The molecule has 3 rings (SSSR count). The molecule has 3 atom stereocenters. The zero-order valence-corrected chi connectivity index (χ0v) is 21.8. The number of rotatable bonds is 11. The molecule has 1 fully saturated rings. The van der Waals surface area contributed by atoms with Crippen LogP contribution in [0.5, 0.6) is 0 Å². The second-order valence-electron chi connectivity index (χ2n) is 10.1. The van der Waals surface area contributed by atoms with Gasteiger partial charge in [0.1, 0.15) is 0 Å². The molecule has 0 heterocycles. The van der Waals surface area contributed by atoms with Crippen LogP contribution in [0.15, 0.2) is 18.2 Å². The van der Waals surface area contributed by atoms with Crippen LogP contribution in [0.25, 0.3) is 0 Å². The van der Waals surface area contributed by atoms with E-state index >= 15 is 0 Å². The van der Waals surface area contributed by atoms with Crippen LogP contribution < -0.4 is 11.1 Å². The highest BCUT2D eigenvalue weighted by Gasteiger charge is 2.46. The van der Waals surface area contributed by atoms with Crippen molar-refractivity contribution in [3.8, 4) is 0 Å². The average molecular weight is 495 g/mol. The first-order valence-electron chi connectivity index (χ1n) is 12.8. The molecule has 2 aliphatic carbocycles. The van der Waals surface area contributed by atoms with Crippen LogP contribution in [0, 0.1) is 11.8 Å². The predicted molar refractivity (Wildman–Crippen MR) is 138 cm³/mol. The number of carbonyl (C=O) groups excluding carboxylic acids is 1. The zero-order valence-electron chi connectivity index (χ0n) is 21.0. The monoisotopic (exact) mass is 494 g/mol. The van der Waals surface area contributed by atoms with Crippen LogP contribution in [-0.2, 0) is 21.4 Å². The van der Waals surface area contributed by atoms with E-state index in [1.807, 2.05) is 12.1 Å². The minimum absolute atomic E-state index is 0. The largest absolute Gasteiger partial charge is 0.481 e. The van der Waals surface area contributed by atoms with Crippen molar-refractivity contribution in [3.63, 3.8) is 0 Å². The van der Waals surface area contributed by atoms with E-state index in [1.54, 1.807) is 13.2 Å². The molecule has 1 aromatic rings. The Hall–Kier alpha value is -1.63. The maximum atomic E-state index is 12.0. The molecule has 1 aromatic carbocycles. The molecule has 0 spiro atoms. The molecule has 1 amide bonds. The highest BCUT2D eigenvalue weighted by Crippen LogP contribution is 2.44. The molecule has 0 saturated heterocycles. The number of methoxy groups -OCH3 is 1. The summed E-state index contributed by atoms with van der Waals surface area (Å²) < 4.78 is 5.95. The van der Waals surface area contributed by atoms with E-state index in [0.29, 0.717) is 24.4 Å². The first-order chi connectivity index (χ1) is 15.9. The summed E-state index contributed by atoms with van der Waals surface area (Å²) in [5, 5.41) is 13.6. The van der Waals surface area contributed by atoms with Crippen LogP contribution in [0.2, 0.25) is 0 Å². The van der Waals surface area contributed by atoms with Crippen molar-refractivity contribution in [2.45, 2.75) is 95.6 Å². The van der Waals surface area contributed by atoms with Crippen LogP contribution in [0.4, 0.5) is 0 Å². The Bertz CT molecular complexity index is 821. The van der Waals surface area contributed by atoms with E-state index in [1.165, 1.54) is 43.2 Å². The highest BCUT2D eigenvalue weighted by atomic mass is 35.5. The lowest BCUT2D eigenvalue weighted by atomic mass is 9.62. The number of nitrogens with two attached hydrogens (primary N) is 1. The smallest absolute Gasteiger partial charge is 0.306 e. The van der Waals surface area contributed by atoms with E-state index in [9.17, 15) is 14.7 Å². The van der Waals surface area contributed by atoms with Gasteiger partial charge in [0.25, 0.3) is 0 Å². The Labute approximate surface area is 210 Å². The maximum absolute atomic E-state index is 12.0. The second-order valence-corrected chi connectivity index (χ2v) is 10.1. The summed E-state index contributed by atoms with van der Waals surface area (Å²) in [6.45, 7) is 5.00. The molecule has 0 aliphatic heterocycles. The van der Waals surface area contributed by atoms with Gasteiger partial charge in [-0.2, -0.15) is 0 Å². The van der Waals surface area contributed by atoms with E-state index in [2.05, 4.69) is 19.2 Å². The predicted octanol–water partition coefficient (Wildman–Crippen LogP) is 4.86. The molecule has 192 valence electrons. The number of carbonyl (C=O) groups is 2. The standard InChI is InChI=1S/C27H42N2O4.ClH/c1-4-27(5-2)22-16-20(25(28)30)12-11-19(22)17-23(33-3)24(27)29-14-13-21(26(31)32)15-18-9-7-6-8-10-18;/h11-12,16,18,21,23-24,29H,4-10,13-15,17H2,1-3H3,(H2,28,30)(H,31,32);1H/t21-,23-,24-;/m1./s1. The summed E-state index contributed by atoms with van der Waals surface area (Å²) in [7, 11) is 1.75. The van der Waals surface area contributed by atoms with Gasteiger partial charge in [-0.1, -0.05) is 52.0 Å². The van der Waals surface area contributed by atoms with E-state index in [4.69, 9.17) is 10.5 Å². The molecule has 6 nitrogen and oxygen atoms in total. The molecule has 0 radical (unpaired) electrons. The molecule has 0 bridgehead atoms. The van der Waals surface area contributed by atoms with Gasteiger partial charge in [-0.25, -0.2) is 0 Å². The molecule has 2 aliphatic rings. The molecule has 0 aromatic heterocycles. The number of primary amides is 1. The van der Waals surface area contributed by atoms with Gasteiger partial charge in [-0.3, -0.25) is 9.59 Å². The number of benzene rings is 1. The van der Waals surface area contributed by atoms with Gasteiger partial charge in [-0.05, 0) is 61.4 Å². The summed E-state index contributed by atoms with van der Waals surface area (Å²) >= 11 is 0. The topological polar surface area (TPSA) is 102 Å². The van der Waals surface area contributed by atoms with Gasteiger partial charge in [0, 0.05) is 30.6 Å². The van der Waals surface area contributed by atoms with Crippen LogP contribution in [0.1, 0.15) is 93.1 Å². The van der Waals surface area contributed by atoms with E-state index in [-0.39, 0.29) is 35.9 Å². The number of halogens is 1. The molecular weight excluding hydrogens is 452 g/mol. The van der Waals surface area contributed by atoms with Gasteiger partial charge < -0.3 is 20.9 Å². The van der Waals surface area contributed by atoms with Gasteiger partial charge in [-0.15, -0.1) is 12.4 Å². The molecule has 1 saturated carbocycles. The van der Waals surface area contributed by atoms with Gasteiger partial charge in [0.2, 0.25) is 5.91 Å². The Balaban J connectivity index is 0.00000408. The quantitative estimate of drug-likeness (QED) is 0.408. The Morgan fingerprint density at radius 3 is 2.44 bits per heavy atom. The number of carboxylic acid groups (broad SMARTS) is 1. The van der Waals surface area contributed by atoms with Crippen molar-refractivity contribution in [2.24, 2.45) is 17.6 Å². The minimum Gasteiger partial charge on any atom is -0.481 e. The van der Waals surface area contributed by atoms with Gasteiger partial charge in [0.05, 0.1) is 12.0 Å². The third-order valence-electron chi connectivity index (χ3n) is 8.43. The number of carboxylic acids is 1. The van der Waals surface area contributed by atoms with Crippen LogP contribution in [0.3, 0.4) is 0 Å². The Morgan fingerprint density at radius 1 is 1.21 bits per heavy atom. The third-order valence-corrected chi connectivity index (χ3v) is 8.43. The van der Waals surface area contributed by atoms with E-state index in [0.717, 1.165) is 25.7 Å². The third kappa shape index (κ3) is 6.13. The SMILES string of the molecule is CCC1(CC)c2cc(C(N)=O)ccc2C[C@@H](OC)[C@H]1NCC[C@H](CC1CCCCC1)C(=O)O.Cl. The zero-order chi connectivity index (χ0) is 24.0. The van der Waals surface area contributed by atoms with Gasteiger partial charge in [0.15, 0.2) is 0 Å². The van der Waals surface area contributed by atoms with Gasteiger partial charge >= 0.3 is 5.97 Å². The maximum Gasteiger partial charge on any atom is 0.306 e. The van der Waals surface area contributed by atoms with Crippen molar-refractivity contribution in [1.82, 2.24) is 5.32 Å². The second kappa shape index (κ2) is 12.9. The first-order valence-corrected chi connectivity index (χ1v) is 12.8. The molecule has 7 heteroatoms. The fourth-order valence-electron chi connectivity index (χ4n) is 6.43. The fraction of sp³-hybridized carbons (Fsp3) is 0.704. The number of ether oxygens (including phenoxy) is 1. The normalized spacial score (nSPS) is 22.9.